The van der Waals surface area contributed by atoms with Gasteiger partial charge in [-0.25, -0.2) is 13.2 Å². The third-order valence-corrected chi connectivity index (χ3v) is 2.04. The minimum Gasteiger partial charge on any atom is -0.376 e. The van der Waals surface area contributed by atoms with Gasteiger partial charge in [-0.3, -0.25) is 0 Å². The molecule has 0 radical (unpaired) electrons. The van der Waals surface area contributed by atoms with Crippen molar-refractivity contribution in [2.45, 2.75) is 26.3 Å². The molecule has 1 N–H and O–H groups in total. The van der Waals surface area contributed by atoms with Crippen LogP contribution < -0.4 is 5.32 Å². The quantitative estimate of drug-likeness (QED) is 0.782. The molecule has 0 aliphatic rings. The van der Waals surface area contributed by atoms with Crippen molar-refractivity contribution in [3.8, 4) is 12.1 Å². The smallest absolute Gasteiger partial charge is 0.186 e. The average molecular weight is 253 g/mol. The molecule has 94 valence electrons. The normalized spacial score (nSPS) is 10.7. The summed E-state index contributed by atoms with van der Waals surface area (Å²) in [5, 5.41) is 19.8. The summed E-state index contributed by atoms with van der Waals surface area (Å²) in [5.41, 5.74) is -3.19. The molecule has 0 aromatic heterocycles. The van der Waals surface area contributed by atoms with Gasteiger partial charge in [-0.05, 0) is 20.8 Å². The summed E-state index contributed by atoms with van der Waals surface area (Å²) in [7, 11) is 0. The SMILES string of the molecule is CC(C)(C)Nc1c(F)c(F)c(C#N)c(C#N)c1F. The topological polar surface area (TPSA) is 59.6 Å². The first-order valence-corrected chi connectivity index (χ1v) is 5.01. The molecule has 0 fully saturated rings. The molecule has 1 aromatic rings. The number of hydrogen-bond acceptors (Lipinski definition) is 3. The number of benzene rings is 1. The lowest BCUT2D eigenvalue weighted by molar-refractivity contribution is 0.488. The van der Waals surface area contributed by atoms with Gasteiger partial charge in [0.2, 0.25) is 0 Å². The summed E-state index contributed by atoms with van der Waals surface area (Å²) < 4.78 is 41.0. The Morgan fingerprint density at radius 1 is 0.889 bits per heavy atom. The minimum atomic E-state index is -1.53. The molecule has 18 heavy (non-hydrogen) atoms. The monoisotopic (exact) mass is 253 g/mol. The van der Waals surface area contributed by atoms with Crippen molar-refractivity contribution in [2.24, 2.45) is 0 Å². The number of hydrogen-bond donors (Lipinski definition) is 1. The van der Waals surface area contributed by atoms with Crippen molar-refractivity contribution in [3.05, 3.63) is 28.6 Å². The Balaban J connectivity index is 3.62. The Kier molecular flexibility index (Phi) is 3.52. The molecule has 0 amide bonds. The minimum absolute atomic E-state index is 0.727. The number of nitrogens with one attached hydrogen (secondary N) is 1. The molecule has 0 unspecified atom stereocenters. The molecular weight excluding hydrogens is 243 g/mol. The number of nitrogens with zero attached hydrogens (tertiary/aromatic N) is 2. The second kappa shape index (κ2) is 4.58. The highest BCUT2D eigenvalue weighted by Gasteiger charge is 2.27. The third kappa shape index (κ3) is 2.38. The van der Waals surface area contributed by atoms with Gasteiger partial charge >= 0.3 is 0 Å². The van der Waals surface area contributed by atoms with Crippen LogP contribution in [0.5, 0.6) is 0 Å². The molecule has 0 saturated heterocycles. The van der Waals surface area contributed by atoms with Gasteiger partial charge in [0.15, 0.2) is 17.5 Å². The van der Waals surface area contributed by atoms with Crippen molar-refractivity contribution in [2.75, 3.05) is 5.32 Å². The van der Waals surface area contributed by atoms with Crippen molar-refractivity contribution >= 4 is 5.69 Å². The van der Waals surface area contributed by atoms with E-state index < -0.39 is 39.8 Å². The Bertz CT molecular complexity index is 574. The maximum atomic E-state index is 13.8. The zero-order chi connectivity index (χ0) is 14.1. The highest BCUT2D eigenvalue weighted by Crippen LogP contribution is 2.30. The summed E-state index contributed by atoms with van der Waals surface area (Å²) >= 11 is 0. The van der Waals surface area contributed by atoms with Gasteiger partial charge in [0.25, 0.3) is 0 Å². The second-order valence-electron chi connectivity index (χ2n) is 4.67. The Morgan fingerprint density at radius 2 is 1.33 bits per heavy atom. The first-order chi connectivity index (χ1) is 8.22. The fourth-order valence-corrected chi connectivity index (χ4v) is 1.36. The largest absolute Gasteiger partial charge is 0.376 e. The Labute approximate surface area is 102 Å². The highest BCUT2D eigenvalue weighted by molar-refractivity contribution is 5.60. The Hall–Kier alpha value is -2.21. The summed E-state index contributed by atoms with van der Waals surface area (Å²) in [4.78, 5) is 0. The zero-order valence-electron chi connectivity index (χ0n) is 10.0. The lowest BCUT2D eigenvalue weighted by Crippen LogP contribution is -2.28. The van der Waals surface area contributed by atoms with E-state index in [4.69, 9.17) is 10.5 Å². The lowest BCUT2D eigenvalue weighted by atomic mass is 10.0. The summed E-state index contributed by atoms with van der Waals surface area (Å²) in [6, 6.07) is 2.65. The van der Waals surface area contributed by atoms with Gasteiger partial charge in [-0.1, -0.05) is 0 Å². The molecule has 0 bridgehead atoms. The standard InChI is InChI=1S/C12H10F3N3/c1-12(2,3)18-11-9(14)7(5-17)6(4-16)8(13)10(11)15/h18H,1-3H3. The van der Waals surface area contributed by atoms with Gasteiger partial charge in [0.05, 0.1) is 0 Å². The highest BCUT2D eigenvalue weighted by atomic mass is 19.2. The molecule has 0 aliphatic heterocycles. The average Bonchev–Trinajstić information content (AvgIpc) is 2.27. The maximum absolute atomic E-state index is 13.8. The molecule has 1 rings (SSSR count). The molecular formula is C12H10F3N3. The van der Waals surface area contributed by atoms with Crippen LogP contribution in [0.4, 0.5) is 18.9 Å². The van der Waals surface area contributed by atoms with E-state index in [2.05, 4.69) is 5.32 Å². The molecule has 0 heterocycles. The van der Waals surface area contributed by atoms with Crippen molar-refractivity contribution in [1.82, 2.24) is 0 Å². The lowest BCUT2D eigenvalue weighted by Gasteiger charge is -2.23. The van der Waals surface area contributed by atoms with E-state index in [0.717, 1.165) is 0 Å². The molecule has 6 heteroatoms. The van der Waals surface area contributed by atoms with E-state index >= 15 is 0 Å². The fourth-order valence-electron chi connectivity index (χ4n) is 1.36. The number of rotatable bonds is 1. The van der Waals surface area contributed by atoms with Gasteiger partial charge in [-0.15, -0.1) is 0 Å². The van der Waals surface area contributed by atoms with Gasteiger partial charge in [0.1, 0.15) is 29.0 Å². The third-order valence-electron chi connectivity index (χ3n) is 2.04. The van der Waals surface area contributed by atoms with Gasteiger partial charge in [-0.2, -0.15) is 10.5 Å². The number of halogens is 3. The van der Waals surface area contributed by atoms with E-state index in [-0.39, 0.29) is 0 Å². The second-order valence-corrected chi connectivity index (χ2v) is 4.67. The molecule has 1 aromatic carbocycles. The Morgan fingerprint density at radius 3 is 1.72 bits per heavy atom. The predicted octanol–water partition coefficient (Wildman–Crippen LogP) is 3.06. The fraction of sp³-hybridized carbons (Fsp3) is 0.333. The van der Waals surface area contributed by atoms with Crippen LogP contribution in [0.25, 0.3) is 0 Å². The first-order valence-electron chi connectivity index (χ1n) is 5.01. The first kappa shape index (κ1) is 13.9. The van der Waals surface area contributed by atoms with Crippen LogP contribution in [-0.2, 0) is 0 Å². The molecule has 0 spiro atoms. The van der Waals surface area contributed by atoms with Crippen molar-refractivity contribution in [1.29, 1.82) is 10.5 Å². The van der Waals surface area contributed by atoms with Crippen LogP contribution in [0.15, 0.2) is 0 Å². The van der Waals surface area contributed by atoms with Crippen molar-refractivity contribution in [3.63, 3.8) is 0 Å². The van der Waals surface area contributed by atoms with E-state index in [1.807, 2.05) is 0 Å². The van der Waals surface area contributed by atoms with E-state index in [0.29, 0.717) is 0 Å². The molecule has 0 saturated carbocycles. The van der Waals surface area contributed by atoms with E-state index in [9.17, 15) is 13.2 Å². The van der Waals surface area contributed by atoms with Gasteiger partial charge < -0.3 is 5.32 Å². The summed E-state index contributed by atoms with van der Waals surface area (Å²) in [6.07, 6.45) is 0. The van der Waals surface area contributed by atoms with Crippen LogP contribution >= 0.6 is 0 Å². The number of nitriles is 2. The van der Waals surface area contributed by atoms with Crippen LogP contribution in [0.2, 0.25) is 0 Å². The summed E-state index contributed by atoms with van der Waals surface area (Å²) in [5.74, 6) is -4.29. The predicted molar refractivity (Wildman–Crippen MR) is 59.1 cm³/mol. The van der Waals surface area contributed by atoms with Gasteiger partial charge in [0, 0.05) is 5.54 Å². The zero-order valence-corrected chi connectivity index (χ0v) is 10.0. The van der Waals surface area contributed by atoms with Crippen LogP contribution in [0.1, 0.15) is 31.9 Å². The maximum Gasteiger partial charge on any atom is 0.186 e. The molecule has 3 nitrogen and oxygen atoms in total. The molecule has 0 atom stereocenters. The van der Waals surface area contributed by atoms with Crippen molar-refractivity contribution < 1.29 is 13.2 Å². The van der Waals surface area contributed by atoms with E-state index in [1.54, 1.807) is 20.8 Å². The van der Waals surface area contributed by atoms with Crippen LogP contribution in [-0.4, -0.2) is 5.54 Å². The molecule has 0 aliphatic carbocycles. The summed E-state index contributed by atoms with van der Waals surface area (Å²) in [6.45, 7) is 4.86. The van der Waals surface area contributed by atoms with E-state index in [1.165, 1.54) is 12.1 Å². The van der Waals surface area contributed by atoms with Crippen LogP contribution in [0, 0.1) is 40.1 Å². The van der Waals surface area contributed by atoms with Crippen LogP contribution in [0.3, 0.4) is 0 Å². The number of anilines is 1.